The molecule has 1 atom stereocenters. The van der Waals surface area contributed by atoms with E-state index >= 15 is 0 Å². The molecule has 0 aliphatic heterocycles. The molecule has 0 amide bonds. The van der Waals surface area contributed by atoms with Crippen molar-refractivity contribution in [3.8, 4) is 0 Å². The summed E-state index contributed by atoms with van der Waals surface area (Å²) in [5.74, 6) is 0. The van der Waals surface area contributed by atoms with Crippen LogP contribution in [0.2, 0.25) is 0 Å². The molecule has 3 rings (SSSR count). The second kappa shape index (κ2) is 6.93. The molecule has 0 nitrogen and oxygen atoms in total. The SMILES string of the molecule is CC(I)[PH](c1ccccc1)(c1ccccc1)c1ccccc1. The van der Waals surface area contributed by atoms with Gasteiger partial charge < -0.3 is 0 Å². The van der Waals surface area contributed by atoms with Gasteiger partial charge in [0.1, 0.15) is 0 Å². The van der Waals surface area contributed by atoms with Crippen molar-refractivity contribution in [1.29, 1.82) is 0 Å². The van der Waals surface area contributed by atoms with Gasteiger partial charge >= 0.3 is 147 Å². The van der Waals surface area contributed by atoms with Crippen LogP contribution < -0.4 is 15.9 Å². The molecule has 22 heavy (non-hydrogen) atoms. The van der Waals surface area contributed by atoms with Gasteiger partial charge in [0.05, 0.1) is 0 Å². The van der Waals surface area contributed by atoms with Gasteiger partial charge in [0.15, 0.2) is 0 Å². The van der Waals surface area contributed by atoms with E-state index in [0.29, 0.717) is 3.67 Å². The van der Waals surface area contributed by atoms with E-state index in [1.165, 1.54) is 15.9 Å². The summed E-state index contributed by atoms with van der Waals surface area (Å²) in [5.41, 5.74) is 0. The second-order valence-electron chi connectivity index (χ2n) is 5.52. The third-order valence-electron chi connectivity index (χ3n) is 4.28. The van der Waals surface area contributed by atoms with Gasteiger partial charge in [-0.2, -0.15) is 0 Å². The van der Waals surface area contributed by atoms with Crippen molar-refractivity contribution >= 4 is 45.8 Å². The topological polar surface area (TPSA) is 0 Å². The molecule has 0 saturated carbocycles. The number of rotatable bonds is 4. The van der Waals surface area contributed by atoms with Gasteiger partial charge in [-0.15, -0.1) is 0 Å². The second-order valence-corrected chi connectivity index (χ2v) is 12.8. The average Bonchev–Trinajstić information content (AvgIpc) is 2.58. The van der Waals surface area contributed by atoms with Crippen LogP contribution in [0.3, 0.4) is 0 Å². The summed E-state index contributed by atoms with van der Waals surface area (Å²) in [7, 11) is -2.01. The van der Waals surface area contributed by atoms with Gasteiger partial charge in [-0.05, 0) is 0 Å². The quantitative estimate of drug-likeness (QED) is 0.333. The molecule has 0 aliphatic carbocycles. The molecule has 0 heterocycles. The summed E-state index contributed by atoms with van der Waals surface area (Å²) in [4.78, 5) is 0. The summed E-state index contributed by atoms with van der Waals surface area (Å²) < 4.78 is 0.553. The first-order valence-corrected chi connectivity index (χ1v) is 10.9. The Morgan fingerprint density at radius 3 is 1.09 bits per heavy atom. The van der Waals surface area contributed by atoms with Crippen LogP contribution in [0.25, 0.3) is 0 Å². The van der Waals surface area contributed by atoms with Crippen molar-refractivity contribution in [2.45, 2.75) is 10.6 Å². The molecule has 0 N–H and O–H groups in total. The van der Waals surface area contributed by atoms with Crippen molar-refractivity contribution in [2.75, 3.05) is 0 Å². The van der Waals surface area contributed by atoms with E-state index in [2.05, 4.69) is 121 Å². The van der Waals surface area contributed by atoms with E-state index in [9.17, 15) is 0 Å². The Hall–Kier alpha value is -1.18. The van der Waals surface area contributed by atoms with Gasteiger partial charge in [-0.3, -0.25) is 0 Å². The molecule has 0 saturated heterocycles. The summed E-state index contributed by atoms with van der Waals surface area (Å²) in [6.07, 6.45) is 0. The van der Waals surface area contributed by atoms with Gasteiger partial charge in [0, 0.05) is 0 Å². The number of alkyl halides is 1. The predicted molar refractivity (Wildman–Crippen MR) is 110 cm³/mol. The fourth-order valence-electron chi connectivity index (χ4n) is 3.29. The van der Waals surface area contributed by atoms with Crippen LogP contribution in [-0.2, 0) is 0 Å². The van der Waals surface area contributed by atoms with E-state index < -0.39 is 7.26 Å². The summed E-state index contributed by atoms with van der Waals surface area (Å²) in [6.45, 7) is 2.36. The molecular weight excluding hydrogens is 398 g/mol. The van der Waals surface area contributed by atoms with Crippen LogP contribution >= 0.6 is 29.9 Å². The van der Waals surface area contributed by atoms with Crippen molar-refractivity contribution in [3.63, 3.8) is 0 Å². The molecule has 1 unspecified atom stereocenters. The van der Waals surface area contributed by atoms with Crippen molar-refractivity contribution in [1.82, 2.24) is 0 Å². The Kier molecular flexibility index (Phi) is 4.95. The van der Waals surface area contributed by atoms with Gasteiger partial charge in [-0.25, -0.2) is 0 Å². The van der Waals surface area contributed by atoms with Gasteiger partial charge in [0.25, 0.3) is 0 Å². The molecule has 0 aromatic heterocycles. The fraction of sp³-hybridized carbons (Fsp3) is 0.100. The van der Waals surface area contributed by atoms with E-state index in [1.54, 1.807) is 0 Å². The van der Waals surface area contributed by atoms with Crippen LogP contribution in [0.1, 0.15) is 6.92 Å². The Morgan fingerprint density at radius 1 is 0.591 bits per heavy atom. The van der Waals surface area contributed by atoms with Crippen LogP contribution in [0.4, 0.5) is 0 Å². The van der Waals surface area contributed by atoms with Crippen LogP contribution in [0, 0.1) is 0 Å². The van der Waals surface area contributed by atoms with E-state index in [4.69, 9.17) is 0 Å². The van der Waals surface area contributed by atoms with Gasteiger partial charge in [0.2, 0.25) is 0 Å². The first kappa shape index (κ1) is 15.7. The molecule has 0 aliphatic rings. The van der Waals surface area contributed by atoms with E-state index in [1.807, 2.05) is 0 Å². The van der Waals surface area contributed by atoms with E-state index in [-0.39, 0.29) is 0 Å². The minimum absolute atomic E-state index is 0.553. The Balaban J connectivity index is 2.34. The van der Waals surface area contributed by atoms with Crippen molar-refractivity contribution in [3.05, 3.63) is 91.0 Å². The molecule has 3 aromatic carbocycles. The Bertz CT molecular complexity index is 612. The third-order valence-corrected chi connectivity index (χ3v) is 12.0. The van der Waals surface area contributed by atoms with Gasteiger partial charge in [-0.1, -0.05) is 0 Å². The Labute approximate surface area is 147 Å². The summed E-state index contributed by atoms with van der Waals surface area (Å²) >= 11 is 2.63. The maximum absolute atomic E-state index is 2.63. The molecule has 112 valence electrons. The first-order chi connectivity index (χ1) is 10.8. The molecular formula is C20H20IP. The molecule has 0 spiro atoms. The predicted octanol–water partition coefficient (Wildman–Crippen LogP) is 4.49. The number of benzene rings is 3. The third kappa shape index (κ3) is 2.73. The number of hydrogen-bond donors (Lipinski definition) is 0. The summed E-state index contributed by atoms with van der Waals surface area (Å²) in [6, 6.07) is 33.2. The van der Waals surface area contributed by atoms with Crippen molar-refractivity contribution < 1.29 is 0 Å². The van der Waals surface area contributed by atoms with Crippen molar-refractivity contribution in [2.24, 2.45) is 0 Å². The van der Waals surface area contributed by atoms with Crippen LogP contribution in [-0.4, -0.2) is 3.67 Å². The number of hydrogen-bond acceptors (Lipinski definition) is 0. The van der Waals surface area contributed by atoms with E-state index in [0.717, 1.165) is 0 Å². The average molecular weight is 418 g/mol. The molecule has 0 fully saturated rings. The fourth-order valence-corrected chi connectivity index (χ4v) is 11.1. The summed E-state index contributed by atoms with van der Waals surface area (Å²) in [5, 5.41) is 4.44. The zero-order valence-corrected chi connectivity index (χ0v) is 15.8. The zero-order valence-electron chi connectivity index (χ0n) is 12.6. The maximum atomic E-state index is 2.63. The number of halogens is 1. The monoisotopic (exact) mass is 418 g/mol. The van der Waals surface area contributed by atoms with Crippen LogP contribution in [0.15, 0.2) is 91.0 Å². The zero-order chi connectivity index (χ0) is 15.4. The standard InChI is InChI=1S/C20H20IP/c1-17(21)22(18-11-5-2-6-12-18,19-13-7-3-8-14-19)20-15-9-4-10-16-20/h2-17,22H,1H3. The Morgan fingerprint density at radius 2 is 0.864 bits per heavy atom. The molecule has 0 bridgehead atoms. The molecule has 3 aromatic rings. The normalized spacial score (nSPS) is 13.5. The van der Waals surface area contributed by atoms with Crippen LogP contribution in [0.5, 0.6) is 0 Å². The molecule has 0 radical (unpaired) electrons. The first-order valence-electron chi connectivity index (χ1n) is 7.57. The molecule has 2 heteroatoms. The minimum atomic E-state index is -2.01.